The zero-order valence-electron chi connectivity index (χ0n) is 11.3. The lowest BCUT2D eigenvalue weighted by atomic mass is 10.1. The van der Waals surface area contributed by atoms with Gasteiger partial charge in [-0.15, -0.1) is 10.2 Å². The fourth-order valence-electron chi connectivity index (χ4n) is 2.31. The van der Waals surface area contributed by atoms with Gasteiger partial charge in [0.1, 0.15) is 18.3 Å². The summed E-state index contributed by atoms with van der Waals surface area (Å²) in [6, 6.07) is 6.64. The Kier molecular flexibility index (Phi) is 3.62. The molecule has 9 nitrogen and oxygen atoms in total. The highest BCUT2D eigenvalue weighted by Gasteiger charge is 2.30. The molecule has 9 heteroatoms. The molecule has 22 heavy (non-hydrogen) atoms. The van der Waals surface area contributed by atoms with Crippen LogP contribution in [0.5, 0.6) is 0 Å². The van der Waals surface area contributed by atoms with Crippen molar-refractivity contribution in [2.45, 2.75) is 18.3 Å². The molecule has 5 N–H and O–H groups in total. The molecule has 3 aromatic rings. The summed E-state index contributed by atoms with van der Waals surface area (Å²) in [6.45, 7) is -0.716. The molecule has 0 radical (unpaired) electrons. The molecule has 0 saturated heterocycles. The summed E-state index contributed by atoms with van der Waals surface area (Å²) in [7, 11) is 0. The molecule has 0 bridgehead atoms. The zero-order valence-corrected chi connectivity index (χ0v) is 11.3. The number of para-hydroxylation sites is 1. The molecule has 0 spiro atoms. The van der Waals surface area contributed by atoms with Crippen LogP contribution in [0.1, 0.15) is 11.9 Å². The van der Waals surface area contributed by atoms with Crippen molar-refractivity contribution in [2.24, 2.45) is 0 Å². The number of rotatable bonds is 4. The molecule has 2 aromatic heterocycles. The molecule has 2 heterocycles. The molecule has 0 fully saturated rings. The first-order valence-electron chi connectivity index (χ1n) is 6.55. The second-order valence-electron chi connectivity index (χ2n) is 4.87. The molecule has 1 aromatic carbocycles. The average Bonchev–Trinajstić information content (AvgIpc) is 2.96. The predicted molar refractivity (Wildman–Crippen MR) is 75.2 cm³/mol. The second-order valence-corrected chi connectivity index (χ2v) is 4.87. The molecule has 0 saturated carbocycles. The lowest BCUT2D eigenvalue weighted by Crippen LogP contribution is -2.35. The maximum atomic E-state index is 11.9. The van der Waals surface area contributed by atoms with E-state index in [4.69, 9.17) is 5.11 Å². The molecule has 3 atom stereocenters. The summed E-state index contributed by atoms with van der Waals surface area (Å²) in [5.41, 5.74) is 0.0958. The Morgan fingerprint density at radius 3 is 2.64 bits per heavy atom. The minimum atomic E-state index is -1.65. The molecule has 0 unspecified atom stereocenters. The fourth-order valence-corrected chi connectivity index (χ4v) is 2.31. The molecule has 0 aliphatic carbocycles. The van der Waals surface area contributed by atoms with Gasteiger partial charge in [-0.25, -0.2) is 0 Å². The van der Waals surface area contributed by atoms with Crippen molar-refractivity contribution >= 4 is 16.7 Å². The number of hydrogen-bond acceptors (Lipinski definition) is 7. The third-order valence-corrected chi connectivity index (χ3v) is 3.47. The van der Waals surface area contributed by atoms with Gasteiger partial charge in [-0.05, 0) is 12.1 Å². The maximum Gasteiger partial charge on any atom is 0.260 e. The number of aromatic amines is 1. The average molecular weight is 306 g/mol. The number of fused-ring (bicyclic) bond motifs is 3. The number of benzene rings is 1. The lowest BCUT2D eigenvalue weighted by molar-refractivity contribution is -0.0805. The standard InChI is InChI=1S/C13H14N4O5/c18-5-8(19)9(20)10(21)11-15-16-13-14-12(22)6-3-1-2-4-7(6)17(11)13/h1-4,8-10,18-21H,5H2,(H,14,16,22)/t8-,9+,10-/m1/s1. The Hall–Kier alpha value is -2.33. The molecular weight excluding hydrogens is 292 g/mol. The Morgan fingerprint density at radius 1 is 1.18 bits per heavy atom. The minimum absolute atomic E-state index is 0.0533. The van der Waals surface area contributed by atoms with E-state index < -0.39 is 24.9 Å². The van der Waals surface area contributed by atoms with E-state index in [-0.39, 0.29) is 17.2 Å². The van der Waals surface area contributed by atoms with E-state index in [1.807, 2.05) is 0 Å². The number of aliphatic hydroxyl groups excluding tert-OH is 4. The van der Waals surface area contributed by atoms with Gasteiger partial charge in [0.05, 0.1) is 17.5 Å². The Morgan fingerprint density at radius 2 is 1.91 bits per heavy atom. The SMILES string of the molecule is O=c1[nH]c2nnc([C@H](O)[C@@H](O)[C@H](O)CO)n2c2ccccc12. The van der Waals surface area contributed by atoms with E-state index in [2.05, 4.69) is 15.2 Å². The van der Waals surface area contributed by atoms with E-state index in [1.165, 1.54) is 4.40 Å². The lowest BCUT2D eigenvalue weighted by Gasteiger charge is -2.20. The number of nitrogens with one attached hydrogen (secondary N) is 1. The van der Waals surface area contributed by atoms with Crippen LogP contribution in [0.2, 0.25) is 0 Å². The molecule has 116 valence electrons. The molecule has 0 aliphatic heterocycles. The highest BCUT2D eigenvalue weighted by Crippen LogP contribution is 2.20. The first-order chi connectivity index (χ1) is 10.5. The summed E-state index contributed by atoms with van der Waals surface area (Å²) in [4.78, 5) is 14.5. The predicted octanol–water partition coefficient (Wildman–Crippen LogP) is -1.68. The van der Waals surface area contributed by atoms with Crippen LogP contribution in [-0.2, 0) is 0 Å². The number of nitrogens with zero attached hydrogens (tertiary/aromatic N) is 3. The van der Waals surface area contributed by atoms with Crippen LogP contribution >= 0.6 is 0 Å². The van der Waals surface area contributed by atoms with Crippen LogP contribution in [0.4, 0.5) is 0 Å². The summed E-state index contributed by atoms with van der Waals surface area (Å²) >= 11 is 0. The van der Waals surface area contributed by atoms with Crippen molar-refractivity contribution in [3.05, 3.63) is 40.4 Å². The van der Waals surface area contributed by atoms with Crippen LogP contribution in [0.3, 0.4) is 0 Å². The molecule has 0 amide bonds. The topological polar surface area (TPSA) is 144 Å². The highest BCUT2D eigenvalue weighted by molar-refractivity contribution is 5.80. The van der Waals surface area contributed by atoms with Crippen LogP contribution in [-0.4, -0.2) is 58.8 Å². The quantitative estimate of drug-likeness (QED) is 0.387. The van der Waals surface area contributed by atoms with Crippen LogP contribution in [0, 0.1) is 0 Å². The van der Waals surface area contributed by atoms with Gasteiger partial charge in [0.2, 0.25) is 5.78 Å². The second kappa shape index (κ2) is 5.46. The number of hydrogen-bond donors (Lipinski definition) is 5. The van der Waals surface area contributed by atoms with Gasteiger partial charge >= 0.3 is 0 Å². The van der Waals surface area contributed by atoms with Crippen LogP contribution in [0.25, 0.3) is 16.7 Å². The summed E-state index contributed by atoms with van der Waals surface area (Å²) < 4.78 is 1.38. The van der Waals surface area contributed by atoms with E-state index in [0.29, 0.717) is 10.9 Å². The highest BCUT2D eigenvalue weighted by atomic mass is 16.4. The molecule has 0 aliphatic rings. The van der Waals surface area contributed by atoms with Gasteiger partial charge in [0.15, 0.2) is 5.82 Å². The van der Waals surface area contributed by atoms with E-state index in [9.17, 15) is 20.1 Å². The number of H-pyrrole nitrogens is 1. The molecular formula is C13H14N4O5. The van der Waals surface area contributed by atoms with Gasteiger partial charge in [-0.3, -0.25) is 14.2 Å². The van der Waals surface area contributed by atoms with Crippen molar-refractivity contribution in [2.75, 3.05) is 6.61 Å². The fraction of sp³-hybridized carbons (Fsp3) is 0.308. The van der Waals surface area contributed by atoms with Gasteiger partial charge in [-0.1, -0.05) is 12.1 Å². The van der Waals surface area contributed by atoms with Crippen LogP contribution < -0.4 is 5.56 Å². The van der Waals surface area contributed by atoms with Gasteiger partial charge in [0, 0.05) is 0 Å². The molecule has 3 rings (SSSR count). The minimum Gasteiger partial charge on any atom is -0.394 e. The van der Waals surface area contributed by atoms with E-state index in [0.717, 1.165) is 0 Å². The van der Waals surface area contributed by atoms with Crippen molar-refractivity contribution < 1.29 is 20.4 Å². The van der Waals surface area contributed by atoms with Crippen molar-refractivity contribution in [1.29, 1.82) is 0 Å². The normalized spacial score (nSPS) is 16.0. The summed E-state index contributed by atoms with van der Waals surface area (Å²) in [6.07, 6.45) is -4.77. The van der Waals surface area contributed by atoms with Gasteiger partial charge in [-0.2, -0.15) is 0 Å². The third kappa shape index (κ3) is 2.16. The maximum absolute atomic E-state index is 11.9. The Labute approximate surface area is 123 Å². The van der Waals surface area contributed by atoms with Crippen molar-refractivity contribution in [3.63, 3.8) is 0 Å². The first-order valence-corrected chi connectivity index (χ1v) is 6.55. The summed E-state index contributed by atoms with van der Waals surface area (Å²) in [5.74, 6) is 0.0471. The smallest absolute Gasteiger partial charge is 0.260 e. The monoisotopic (exact) mass is 306 g/mol. The zero-order chi connectivity index (χ0) is 15.9. The van der Waals surface area contributed by atoms with Gasteiger partial charge < -0.3 is 20.4 Å². The van der Waals surface area contributed by atoms with E-state index >= 15 is 0 Å². The van der Waals surface area contributed by atoms with Crippen molar-refractivity contribution in [3.8, 4) is 0 Å². The van der Waals surface area contributed by atoms with Crippen LogP contribution in [0.15, 0.2) is 29.1 Å². The first kappa shape index (κ1) is 14.6. The third-order valence-electron chi connectivity index (χ3n) is 3.47. The summed E-state index contributed by atoms with van der Waals surface area (Å²) in [5, 5.41) is 46.2. The number of aromatic nitrogens is 4. The Bertz CT molecular complexity index is 874. The Balaban J connectivity index is 2.24. The van der Waals surface area contributed by atoms with E-state index in [1.54, 1.807) is 24.3 Å². The van der Waals surface area contributed by atoms with Gasteiger partial charge in [0.25, 0.3) is 5.56 Å². The largest absolute Gasteiger partial charge is 0.394 e. The number of aliphatic hydroxyl groups is 4. The van der Waals surface area contributed by atoms with Crippen molar-refractivity contribution in [1.82, 2.24) is 19.6 Å².